The van der Waals surface area contributed by atoms with Gasteiger partial charge >= 0.3 is 18.3 Å². The number of likely N-dealkylation sites (tertiary alicyclic amines) is 2. The van der Waals surface area contributed by atoms with Crippen LogP contribution in [0, 0.1) is 11.8 Å². The van der Waals surface area contributed by atoms with E-state index in [4.69, 9.17) is 4.74 Å². The van der Waals surface area contributed by atoms with Gasteiger partial charge in [-0.05, 0) is 91.7 Å². The monoisotopic (exact) mass is 765 g/mol. The number of nitrogens with zero attached hydrogens (tertiary/aromatic N) is 4. The highest BCUT2D eigenvalue weighted by atomic mass is 32.2. The van der Waals surface area contributed by atoms with Gasteiger partial charge in [0.25, 0.3) is 5.91 Å². The smallest absolute Gasteiger partial charge is 0.416 e. The van der Waals surface area contributed by atoms with Crippen molar-refractivity contribution in [1.29, 1.82) is 0 Å². The van der Waals surface area contributed by atoms with Crippen molar-refractivity contribution < 1.29 is 45.1 Å². The summed E-state index contributed by atoms with van der Waals surface area (Å²) in [6.45, 7) is 1.50. The predicted molar refractivity (Wildman–Crippen MR) is 189 cm³/mol. The molecule has 0 aliphatic carbocycles. The number of fused-ring (bicyclic) bond motifs is 1. The van der Waals surface area contributed by atoms with Crippen molar-refractivity contribution >= 4 is 33.7 Å². The number of nitrogens with one attached hydrogen (secondary N) is 1. The van der Waals surface area contributed by atoms with Gasteiger partial charge in [0.15, 0.2) is 6.10 Å². The maximum Gasteiger partial charge on any atom is 0.416 e. The summed E-state index contributed by atoms with van der Waals surface area (Å²) in [6.07, 6.45) is -1.72. The number of piperidine rings is 3. The largest absolute Gasteiger partial charge is 0.436 e. The van der Waals surface area contributed by atoms with Crippen LogP contribution in [-0.4, -0.2) is 110 Å². The molecule has 1 N–H and O–H groups in total. The van der Waals surface area contributed by atoms with E-state index in [1.807, 2.05) is 24.3 Å². The summed E-state index contributed by atoms with van der Waals surface area (Å²) in [7, 11) is -3.26. The van der Waals surface area contributed by atoms with Crippen LogP contribution in [0.25, 0.3) is 0 Å². The van der Waals surface area contributed by atoms with Gasteiger partial charge < -0.3 is 24.8 Å². The molecule has 0 radical (unpaired) electrons. The maximum atomic E-state index is 14.0. The van der Waals surface area contributed by atoms with E-state index in [9.17, 15) is 40.4 Å². The number of carbonyl (C=O) groups excluding carboxylic acids is 3. The maximum absolute atomic E-state index is 14.0. The number of benzene rings is 2. The summed E-state index contributed by atoms with van der Waals surface area (Å²) >= 11 is 0. The Labute approximate surface area is 307 Å². The first-order chi connectivity index (χ1) is 25.2. The fraction of sp³-hybridized carbons (Fsp3) is 0.595. The molecule has 4 aliphatic rings. The third kappa shape index (κ3) is 9.42. The molecule has 53 heavy (non-hydrogen) atoms. The Bertz CT molecular complexity index is 1750. The zero-order valence-corrected chi connectivity index (χ0v) is 30.6. The number of para-hydroxylation sites is 1. The Morgan fingerprint density at radius 2 is 1.47 bits per heavy atom. The second-order valence-corrected chi connectivity index (χ2v) is 16.6. The number of alkyl halides is 4. The van der Waals surface area contributed by atoms with E-state index in [1.165, 1.54) is 21.5 Å². The number of ether oxygens (including phenoxy) is 1. The van der Waals surface area contributed by atoms with E-state index in [0.717, 1.165) is 36.2 Å². The highest BCUT2D eigenvalue weighted by molar-refractivity contribution is 7.88. The Morgan fingerprint density at radius 1 is 0.868 bits per heavy atom. The molecule has 3 saturated heterocycles. The van der Waals surface area contributed by atoms with Crippen LogP contribution < -0.4 is 5.32 Å². The Kier molecular flexibility index (Phi) is 11.9. The highest BCUT2D eigenvalue weighted by Gasteiger charge is 2.38. The van der Waals surface area contributed by atoms with E-state index in [-0.39, 0.29) is 48.6 Å². The number of sulfonamides is 1. The van der Waals surface area contributed by atoms with Crippen LogP contribution in [0.15, 0.2) is 42.5 Å². The van der Waals surface area contributed by atoms with Gasteiger partial charge in [0.1, 0.15) is 6.67 Å². The first kappa shape index (κ1) is 38.8. The standard InChI is InChI=1S/C37H47F4N5O6S/c1-53(50,51)45-17-8-28(9-18-45)27-6-13-43(14-7-27)34(47)33(23-25-20-26(24-38)22-30(21-25)37(39,40)41)52-36(49)44-15-11-31(12-16-44)46-19-10-29-4-2-3-5-32(29)42-35(46)48/h2-5,20-22,27-28,31,33H,6-19,23-24H2,1H3,(H,42,48)/t33-/m1/s1. The van der Waals surface area contributed by atoms with Crippen molar-refractivity contribution in [2.24, 2.45) is 11.8 Å². The molecule has 0 unspecified atom stereocenters. The lowest BCUT2D eigenvalue weighted by Gasteiger charge is -2.40. The molecule has 4 amide bonds. The lowest BCUT2D eigenvalue weighted by molar-refractivity contribution is -0.142. The third-order valence-corrected chi connectivity index (χ3v) is 12.6. The third-order valence-electron chi connectivity index (χ3n) is 11.3. The fourth-order valence-corrected chi connectivity index (χ4v) is 9.16. The van der Waals surface area contributed by atoms with Crippen LogP contribution in [-0.2, 0) is 45.2 Å². The molecular formula is C37H47F4N5O6S. The van der Waals surface area contributed by atoms with Gasteiger partial charge in [-0.2, -0.15) is 13.2 Å². The van der Waals surface area contributed by atoms with Crippen molar-refractivity contribution in [3.63, 3.8) is 0 Å². The normalized spacial score (nSPS) is 20.8. The topological polar surface area (TPSA) is 120 Å². The second-order valence-electron chi connectivity index (χ2n) is 14.7. The lowest BCUT2D eigenvalue weighted by atomic mass is 9.79. The van der Waals surface area contributed by atoms with Crippen LogP contribution in [0.4, 0.5) is 32.8 Å². The van der Waals surface area contributed by atoms with Gasteiger partial charge in [-0.25, -0.2) is 26.7 Å². The van der Waals surface area contributed by atoms with E-state index in [1.54, 1.807) is 9.80 Å². The van der Waals surface area contributed by atoms with Gasteiger partial charge in [0.05, 0.1) is 11.8 Å². The molecule has 0 spiro atoms. The average Bonchev–Trinajstić information content (AvgIpc) is 3.31. The number of carbonyl (C=O) groups is 3. The van der Waals surface area contributed by atoms with Gasteiger partial charge in [0, 0.05) is 64.0 Å². The summed E-state index contributed by atoms with van der Waals surface area (Å²) in [6, 6.07) is 10.1. The second kappa shape index (κ2) is 16.2. The number of halogens is 4. The molecule has 3 fully saturated rings. The van der Waals surface area contributed by atoms with E-state index in [0.29, 0.717) is 70.7 Å². The molecule has 4 aliphatic heterocycles. The minimum absolute atomic E-state index is 0.0260. The van der Waals surface area contributed by atoms with Gasteiger partial charge in [-0.1, -0.05) is 24.3 Å². The van der Waals surface area contributed by atoms with Crippen molar-refractivity contribution in [1.82, 2.24) is 19.0 Å². The Morgan fingerprint density at radius 3 is 2.09 bits per heavy atom. The number of urea groups is 1. The summed E-state index contributed by atoms with van der Waals surface area (Å²) in [5.41, 5.74) is 0.593. The summed E-state index contributed by atoms with van der Waals surface area (Å²) in [5.74, 6) is 0.0550. The first-order valence-electron chi connectivity index (χ1n) is 18.3. The van der Waals surface area contributed by atoms with Crippen molar-refractivity contribution in [3.8, 4) is 0 Å². The minimum Gasteiger partial charge on any atom is -0.436 e. The molecular weight excluding hydrogens is 718 g/mol. The number of amides is 4. The van der Waals surface area contributed by atoms with Crippen molar-refractivity contribution in [2.75, 3.05) is 57.4 Å². The molecule has 16 heteroatoms. The molecule has 6 rings (SSSR count). The molecule has 1 atom stereocenters. The predicted octanol–water partition coefficient (Wildman–Crippen LogP) is 5.69. The molecule has 11 nitrogen and oxygen atoms in total. The zero-order valence-electron chi connectivity index (χ0n) is 29.8. The van der Waals surface area contributed by atoms with Crippen LogP contribution in [0.1, 0.15) is 60.8 Å². The number of rotatable bonds is 8. The van der Waals surface area contributed by atoms with Crippen LogP contribution >= 0.6 is 0 Å². The summed E-state index contributed by atoms with van der Waals surface area (Å²) < 4.78 is 86.1. The van der Waals surface area contributed by atoms with Crippen LogP contribution in [0.3, 0.4) is 0 Å². The van der Waals surface area contributed by atoms with Crippen LogP contribution in [0.5, 0.6) is 0 Å². The average molecular weight is 766 g/mol. The quantitative estimate of drug-likeness (QED) is 0.346. The Balaban J connectivity index is 1.11. The number of hydrogen-bond acceptors (Lipinski definition) is 6. The zero-order chi connectivity index (χ0) is 37.9. The van der Waals surface area contributed by atoms with Gasteiger partial charge in [-0.15, -0.1) is 0 Å². The van der Waals surface area contributed by atoms with E-state index in [2.05, 4.69) is 5.32 Å². The summed E-state index contributed by atoms with van der Waals surface area (Å²) in [4.78, 5) is 45.5. The van der Waals surface area contributed by atoms with Gasteiger partial charge in [0.2, 0.25) is 10.0 Å². The molecule has 0 saturated carbocycles. The lowest BCUT2D eigenvalue weighted by Crippen LogP contribution is -2.52. The van der Waals surface area contributed by atoms with E-state index < -0.39 is 46.5 Å². The first-order valence-corrected chi connectivity index (χ1v) is 20.2. The molecule has 2 aromatic carbocycles. The van der Waals surface area contributed by atoms with E-state index >= 15 is 0 Å². The molecule has 0 aromatic heterocycles. The van der Waals surface area contributed by atoms with Crippen molar-refractivity contribution in [3.05, 3.63) is 64.7 Å². The number of anilines is 1. The molecule has 2 aromatic rings. The van der Waals surface area contributed by atoms with Gasteiger partial charge in [-0.3, -0.25) is 4.79 Å². The minimum atomic E-state index is -4.74. The highest BCUT2D eigenvalue weighted by Crippen LogP contribution is 2.35. The summed E-state index contributed by atoms with van der Waals surface area (Å²) in [5, 5.41) is 2.97. The molecule has 0 bridgehead atoms. The number of hydrogen-bond donors (Lipinski definition) is 1. The SMILES string of the molecule is CS(=O)(=O)N1CCC(C2CCN(C(=O)[C@@H](Cc3cc(CF)cc(C(F)(F)F)c3)OC(=O)N3CCC(N4CCc5ccccc5NC4=O)CC3)CC2)CC1. The molecule has 4 heterocycles. The Hall–Kier alpha value is -3.92. The van der Waals surface area contributed by atoms with Crippen LogP contribution in [0.2, 0.25) is 0 Å². The molecule has 290 valence electrons. The van der Waals surface area contributed by atoms with Crippen molar-refractivity contribution in [2.45, 2.75) is 76.4 Å². The fourth-order valence-electron chi connectivity index (χ4n) is 8.28.